The van der Waals surface area contributed by atoms with Crippen LogP contribution in [0, 0.1) is 0 Å². The Morgan fingerprint density at radius 3 is 2.74 bits per heavy atom. The number of thioether (sulfide) groups is 1. The number of nitrogens with zero attached hydrogens (tertiary/aromatic N) is 2. The normalized spacial score (nSPS) is 19.0. The second kappa shape index (κ2) is 6.07. The van der Waals surface area contributed by atoms with Crippen molar-refractivity contribution < 1.29 is 14.3 Å². The molecule has 0 N–H and O–H groups in total. The van der Waals surface area contributed by atoms with E-state index in [9.17, 15) is 4.79 Å². The van der Waals surface area contributed by atoms with Crippen LogP contribution >= 0.6 is 11.8 Å². The van der Waals surface area contributed by atoms with E-state index >= 15 is 0 Å². The summed E-state index contributed by atoms with van der Waals surface area (Å²) in [5.74, 6) is 3.40. The predicted molar refractivity (Wildman–Crippen MR) is 89.5 cm³/mol. The lowest BCUT2D eigenvalue weighted by molar-refractivity contribution is 0.0603. The highest BCUT2D eigenvalue weighted by atomic mass is 32.2. The molecule has 0 radical (unpaired) electrons. The van der Waals surface area contributed by atoms with Gasteiger partial charge in [-0.3, -0.25) is 0 Å². The average molecular weight is 332 g/mol. The van der Waals surface area contributed by atoms with Crippen LogP contribution in [0.4, 0.5) is 0 Å². The van der Waals surface area contributed by atoms with E-state index in [1.165, 1.54) is 18.6 Å². The van der Waals surface area contributed by atoms with E-state index in [4.69, 9.17) is 9.47 Å². The standard InChI is InChI=1S/C17H20N2O3S/c1-21-17(20)13-10-18-19-14(13)4-5-15(16(19)11-2-3-11)22-12-6-8-23-9-7-12/h4-5,10-12H,2-3,6-9H2,1H3. The van der Waals surface area contributed by atoms with Crippen molar-refractivity contribution in [1.29, 1.82) is 0 Å². The van der Waals surface area contributed by atoms with Crippen molar-refractivity contribution in [1.82, 2.24) is 9.61 Å². The summed E-state index contributed by atoms with van der Waals surface area (Å²) in [6, 6.07) is 3.91. The van der Waals surface area contributed by atoms with Crippen molar-refractivity contribution in [3.8, 4) is 5.75 Å². The van der Waals surface area contributed by atoms with Crippen LogP contribution in [-0.2, 0) is 4.74 Å². The van der Waals surface area contributed by atoms with Crippen molar-refractivity contribution >= 4 is 23.2 Å². The molecular formula is C17H20N2O3S. The molecule has 1 saturated carbocycles. The summed E-state index contributed by atoms with van der Waals surface area (Å²) in [6.07, 6.45) is 6.39. The maximum absolute atomic E-state index is 11.9. The van der Waals surface area contributed by atoms with E-state index in [0.29, 0.717) is 17.6 Å². The van der Waals surface area contributed by atoms with Crippen LogP contribution in [0.25, 0.3) is 5.52 Å². The van der Waals surface area contributed by atoms with Gasteiger partial charge in [0.05, 0.1) is 24.5 Å². The van der Waals surface area contributed by atoms with Gasteiger partial charge in [0.15, 0.2) is 0 Å². The molecule has 0 amide bonds. The molecule has 3 heterocycles. The summed E-state index contributed by atoms with van der Waals surface area (Å²) in [4.78, 5) is 11.9. The Balaban J connectivity index is 1.73. The first-order chi connectivity index (χ1) is 11.3. The molecule has 2 aromatic heterocycles. The van der Waals surface area contributed by atoms with E-state index in [0.717, 1.165) is 42.6 Å². The number of rotatable bonds is 4. The molecule has 4 rings (SSSR count). The summed E-state index contributed by atoms with van der Waals surface area (Å²) >= 11 is 1.99. The molecule has 0 bridgehead atoms. The zero-order chi connectivity index (χ0) is 15.8. The molecule has 2 fully saturated rings. The number of hydrogen-bond acceptors (Lipinski definition) is 5. The van der Waals surface area contributed by atoms with Crippen LogP contribution in [0.3, 0.4) is 0 Å². The molecule has 2 aliphatic rings. The zero-order valence-electron chi connectivity index (χ0n) is 13.2. The van der Waals surface area contributed by atoms with Crippen LogP contribution in [0.2, 0.25) is 0 Å². The van der Waals surface area contributed by atoms with Crippen LogP contribution in [-0.4, -0.2) is 40.3 Å². The second-order valence-electron chi connectivity index (χ2n) is 6.13. The molecule has 1 aliphatic carbocycles. The Kier molecular flexibility index (Phi) is 3.93. The molecular weight excluding hydrogens is 312 g/mol. The van der Waals surface area contributed by atoms with E-state index in [1.54, 1.807) is 6.20 Å². The predicted octanol–water partition coefficient (Wildman–Crippen LogP) is 3.27. The van der Waals surface area contributed by atoms with Gasteiger partial charge < -0.3 is 9.47 Å². The quantitative estimate of drug-likeness (QED) is 0.804. The molecule has 0 unspecified atom stereocenters. The Morgan fingerprint density at radius 1 is 1.26 bits per heavy atom. The van der Waals surface area contributed by atoms with Crippen LogP contribution < -0.4 is 4.74 Å². The molecule has 2 aromatic rings. The number of carbonyl (C=O) groups excluding carboxylic acids is 1. The minimum Gasteiger partial charge on any atom is -0.488 e. The van der Waals surface area contributed by atoms with Gasteiger partial charge in [-0.05, 0) is 49.3 Å². The second-order valence-corrected chi connectivity index (χ2v) is 7.36. The van der Waals surface area contributed by atoms with Crippen molar-refractivity contribution in [2.45, 2.75) is 37.7 Å². The summed E-state index contributed by atoms with van der Waals surface area (Å²) in [5, 5.41) is 4.43. The lowest BCUT2D eigenvalue weighted by Gasteiger charge is -2.24. The lowest BCUT2D eigenvalue weighted by Crippen LogP contribution is -2.23. The van der Waals surface area contributed by atoms with Crippen molar-refractivity contribution in [3.63, 3.8) is 0 Å². The van der Waals surface area contributed by atoms with Crippen molar-refractivity contribution in [3.05, 3.63) is 29.6 Å². The fraction of sp³-hybridized carbons (Fsp3) is 0.529. The summed E-state index contributed by atoms with van der Waals surface area (Å²) in [6.45, 7) is 0. The molecule has 6 heteroatoms. The van der Waals surface area contributed by atoms with Gasteiger partial charge in [0, 0.05) is 5.92 Å². The van der Waals surface area contributed by atoms with Gasteiger partial charge >= 0.3 is 5.97 Å². The van der Waals surface area contributed by atoms with E-state index in [1.807, 2.05) is 28.4 Å². The highest BCUT2D eigenvalue weighted by Gasteiger charge is 2.32. The van der Waals surface area contributed by atoms with Gasteiger partial charge in [0.2, 0.25) is 0 Å². The van der Waals surface area contributed by atoms with Gasteiger partial charge in [-0.1, -0.05) is 0 Å². The Bertz CT molecular complexity index is 733. The maximum Gasteiger partial charge on any atom is 0.341 e. The molecule has 1 aliphatic heterocycles. The average Bonchev–Trinajstić information content (AvgIpc) is 3.33. The van der Waals surface area contributed by atoms with E-state index in [-0.39, 0.29) is 5.97 Å². The largest absolute Gasteiger partial charge is 0.488 e. The van der Waals surface area contributed by atoms with Gasteiger partial charge in [0.25, 0.3) is 0 Å². The summed E-state index contributed by atoms with van der Waals surface area (Å²) in [7, 11) is 1.40. The smallest absolute Gasteiger partial charge is 0.341 e. The summed E-state index contributed by atoms with van der Waals surface area (Å²) < 4.78 is 13.0. The minimum absolute atomic E-state index is 0.293. The van der Waals surface area contributed by atoms with Crippen molar-refractivity contribution in [2.75, 3.05) is 18.6 Å². The molecule has 0 spiro atoms. The first kappa shape index (κ1) is 14.9. The topological polar surface area (TPSA) is 52.8 Å². The summed E-state index contributed by atoms with van der Waals surface area (Å²) in [5.41, 5.74) is 2.41. The number of ether oxygens (including phenoxy) is 2. The molecule has 5 nitrogen and oxygen atoms in total. The van der Waals surface area contributed by atoms with E-state index in [2.05, 4.69) is 5.10 Å². The van der Waals surface area contributed by atoms with Gasteiger partial charge in [-0.25, -0.2) is 9.31 Å². The van der Waals surface area contributed by atoms with Gasteiger partial charge in [0.1, 0.15) is 17.4 Å². The van der Waals surface area contributed by atoms with Crippen LogP contribution in [0.5, 0.6) is 5.75 Å². The number of hydrogen-bond donors (Lipinski definition) is 0. The number of carbonyl (C=O) groups is 1. The lowest BCUT2D eigenvalue weighted by atomic mass is 10.1. The highest BCUT2D eigenvalue weighted by molar-refractivity contribution is 7.99. The molecule has 0 atom stereocenters. The monoisotopic (exact) mass is 332 g/mol. The SMILES string of the molecule is COC(=O)c1cnn2c(C3CC3)c(OC3CCSCC3)ccc12. The number of pyridine rings is 1. The Labute approximate surface area is 139 Å². The fourth-order valence-corrected chi connectivity index (χ4v) is 4.19. The van der Waals surface area contributed by atoms with Crippen LogP contribution in [0.15, 0.2) is 18.3 Å². The van der Waals surface area contributed by atoms with Gasteiger partial charge in [-0.15, -0.1) is 0 Å². The number of methoxy groups -OCH3 is 1. The number of aromatic nitrogens is 2. The molecule has 122 valence electrons. The number of esters is 1. The Hall–Kier alpha value is -1.69. The first-order valence-electron chi connectivity index (χ1n) is 8.11. The molecule has 23 heavy (non-hydrogen) atoms. The highest BCUT2D eigenvalue weighted by Crippen LogP contribution is 2.45. The third-order valence-corrected chi connectivity index (χ3v) is 5.56. The fourth-order valence-electron chi connectivity index (χ4n) is 3.13. The van der Waals surface area contributed by atoms with Crippen LogP contribution in [0.1, 0.15) is 47.7 Å². The van der Waals surface area contributed by atoms with E-state index < -0.39 is 0 Å². The molecule has 1 saturated heterocycles. The number of fused-ring (bicyclic) bond motifs is 1. The first-order valence-corrected chi connectivity index (χ1v) is 9.26. The minimum atomic E-state index is -0.347. The van der Waals surface area contributed by atoms with Crippen molar-refractivity contribution in [2.24, 2.45) is 0 Å². The Morgan fingerprint density at radius 2 is 2.04 bits per heavy atom. The third kappa shape index (κ3) is 2.80. The molecule has 0 aromatic carbocycles. The third-order valence-electron chi connectivity index (χ3n) is 4.51. The zero-order valence-corrected chi connectivity index (χ0v) is 14.0. The maximum atomic E-state index is 11.9. The van der Waals surface area contributed by atoms with Gasteiger partial charge in [-0.2, -0.15) is 16.9 Å².